The van der Waals surface area contributed by atoms with Crippen LogP contribution in [-0.2, 0) is 0 Å². The first-order chi connectivity index (χ1) is 16.3. The monoisotopic (exact) mass is 422 g/mol. The van der Waals surface area contributed by atoms with Crippen LogP contribution in [0.1, 0.15) is 0 Å². The molecule has 0 aliphatic heterocycles. The molecule has 4 aromatic carbocycles. The van der Waals surface area contributed by atoms with Gasteiger partial charge < -0.3 is 4.42 Å². The zero-order chi connectivity index (χ0) is 22.2. The molecule has 0 atom stereocenters. The third-order valence-electron chi connectivity index (χ3n) is 5.94. The number of pyridine rings is 1. The summed E-state index contributed by atoms with van der Waals surface area (Å²) in [7, 11) is 0. The van der Waals surface area contributed by atoms with Crippen molar-refractivity contribution in [3.63, 3.8) is 0 Å². The third-order valence-corrected chi connectivity index (χ3v) is 5.94. The maximum Gasteiger partial charge on any atom is 0.190 e. The van der Waals surface area contributed by atoms with Crippen molar-refractivity contribution in [2.45, 2.75) is 0 Å². The summed E-state index contributed by atoms with van der Waals surface area (Å²) < 4.78 is 6.28. The van der Waals surface area contributed by atoms with Crippen LogP contribution in [-0.4, -0.2) is 4.98 Å². The van der Waals surface area contributed by atoms with Crippen LogP contribution < -0.4 is 0 Å². The van der Waals surface area contributed by atoms with Crippen molar-refractivity contribution >= 4 is 27.6 Å². The molecule has 0 fully saturated rings. The summed E-state index contributed by atoms with van der Waals surface area (Å²) in [6.45, 7) is 7.25. The van der Waals surface area contributed by atoms with Gasteiger partial charge in [0.2, 0.25) is 0 Å². The number of furan rings is 1. The predicted octanol–water partition coefficient (Wildman–Crippen LogP) is 8.53. The van der Waals surface area contributed by atoms with E-state index in [0.29, 0.717) is 5.69 Å². The van der Waals surface area contributed by atoms with E-state index in [1.807, 2.05) is 36.4 Å². The fraction of sp³-hybridized carbons (Fsp3) is 0. The van der Waals surface area contributed by atoms with Gasteiger partial charge in [0, 0.05) is 17.0 Å². The molecule has 0 saturated heterocycles. The highest BCUT2D eigenvalue weighted by molar-refractivity contribution is 6.07. The SMILES string of the molecule is [C-]#[N+]c1ccnc(-c2cccc(-c3ccc4c(c3)oc3cc(-c5ccccc5)ccc34)c2)c1. The molecule has 6 rings (SSSR count). The maximum absolute atomic E-state index is 7.25. The fourth-order valence-electron chi connectivity index (χ4n) is 4.27. The van der Waals surface area contributed by atoms with E-state index < -0.39 is 0 Å². The minimum atomic E-state index is 0.587. The molecule has 3 nitrogen and oxygen atoms in total. The highest BCUT2D eigenvalue weighted by atomic mass is 16.3. The van der Waals surface area contributed by atoms with E-state index in [4.69, 9.17) is 11.0 Å². The molecule has 33 heavy (non-hydrogen) atoms. The van der Waals surface area contributed by atoms with Gasteiger partial charge in [-0.3, -0.25) is 4.98 Å². The fourth-order valence-corrected chi connectivity index (χ4v) is 4.27. The third kappa shape index (κ3) is 3.44. The van der Waals surface area contributed by atoms with E-state index in [2.05, 4.69) is 70.5 Å². The highest BCUT2D eigenvalue weighted by Crippen LogP contribution is 2.35. The Morgan fingerprint density at radius 2 is 1.21 bits per heavy atom. The Hall–Kier alpha value is -4.68. The topological polar surface area (TPSA) is 30.4 Å². The largest absolute Gasteiger partial charge is 0.456 e. The van der Waals surface area contributed by atoms with Crippen LogP contribution in [0, 0.1) is 6.57 Å². The smallest absolute Gasteiger partial charge is 0.190 e. The van der Waals surface area contributed by atoms with Gasteiger partial charge in [0.15, 0.2) is 5.69 Å². The van der Waals surface area contributed by atoms with Crippen LogP contribution >= 0.6 is 0 Å². The van der Waals surface area contributed by atoms with E-state index in [9.17, 15) is 0 Å². The van der Waals surface area contributed by atoms with E-state index in [0.717, 1.165) is 49.9 Å². The molecule has 154 valence electrons. The lowest BCUT2D eigenvalue weighted by Crippen LogP contribution is -1.84. The zero-order valence-electron chi connectivity index (χ0n) is 17.7. The van der Waals surface area contributed by atoms with Crippen LogP contribution in [0.5, 0.6) is 0 Å². The van der Waals surface area contributed by atoms with Gasteiger partial charge in [-0.1, -0.05) is 60.7 Å². The van der Waals surface area contributed by atoms with Crippen molar-refractivity contribution < 1.29 is 4.42 Å². The molecule has 2 heterocycles. The Morgan fingerprint density at radius 1 is 0.576 bits per heavy atom. The number of benzene rings is 4. The molecule has 2 aromatic heterocycles. The molecule has 3 heteroatoms. The first-order valence-corrected chi connectivity index (χ1v) is 10.7. The average molecular weight is 422 g/mol. The van der Waals surface area contributed by atoms with Gasteiger partial charge in [0.1, 0.15) is 11.2 Å². The van der Waals surface area contributed by atoms with Crippen LogP contribution in [0.25, 0.3) is 60.3 Å². The Bertz CT molecular complexity index is 1670. The minimum absolute atomic E-state index is 0.587. The van der Waals surface area contributed by atoms with Crippen molar-refractivity contribution in [2.24, 2.45) is 0 Å². The van der Waals surface area contributed by atoms with E-state index >= 15 is 0 Å². The zero-order valence-corrected chi connectivity index (χ0v) is 17.7. The lowest BCUT2D eigenvalue weighted by atomic mass is 9.99. The highest BCUT2D eigenvalue weighted by Gasteiger charge is 2.11. The van der Waals surface area contributed by atoms with Crippen molar-refractivity contribution in [3.8, 4) is 33.5 Å². The average Bonchev–Trinajstić information content (AvgIpc) is 3.26. The van der Waals surface area contributed by atoms with Crippen LogP contribution in [0.2, 0.25) is 0 Å². The number of fused-ring (bicyclic) bond motifs is 3. The Morgan fingerprint density at radius 3 is 1.94 bits per heavy atom. The molecule has 0 aliphatic carbocycles. The number of nitrogens with zero attached hydrogens (tertiary/aromatic N) is 2. The van der Waals surface area contributed by atoms with Gasteiger partial charge in [0.05, 0.1) is 12.3 Å². The van der Waals surface area contributed by atoms with Gasteiger partial charge in [-0.15, -0.1) is 0 Å². The summed E-state index contributed by atoms with van der Waals surface area (Å²) >= 11 is 0. The second-order valence-corrected chi connectivity index (χ2v) is 7.98. The second kappa shape index (κ2) is 7.78. The summed E-state index contributed by atoms with van der Waals surface area (Å²) in [5, 5.41) is 2.22. The van der Waals surface area contributed by atoms with Crippen molar-refractivity contribution in [1.82, 2.24) is 4.98 Å². The molecule has 6 aromatic rings. The maximum atomic E-state index is 7.25. The quantitative estimate of drug-likeness (QED) is 0.268. The summed E-state index contributed by atoms with van der Waals surface area (Å²) in [5.41, 5.74) is 8.59. The number of aromatic nitrogens is 1. The molecule has 0 spiro atoms. The summed E-state index contributed by atoms with van der Waals surface area (Å²) in [4.78, 5) is 7.96. The summed E-state index contributed by atoms with van der Waals surface area (Å²) in [5.74, 6) is 0. The van der Waals surface area contributed by atoms with Crippen LogP contribution in [0.3, 0.4) is 0 Å². The number of rotatable bonds is 3. The van der Waals surface area contributed by atoms with Crippen molar-refractivity contribution in [1.29, 1.82) is 0 Å². The molecule has 0 aliphatic rings. The summed E-state index contributed by atoms with van der Waals surface area (Å²) in [6.07, 6.45) is 1.68. The van der Waals surface area contributed by atoms with Gasteiger partial charge in [-0.2, -0.15) is 0 Å². The molecule has 0 N–H and O–H groups in total. The first-order valence-electron chi connectivity index (χ1n) is 10.7. The predicted molar refractivity (Wildman–Crippen MR) is 134 cm³/mol. The van der Waals surface area contributed by atoms with Crippen molar-refractivity contribution in [3.05, 3.63) is 121 Å². The van der Waals surface area contributed by atoms with Crippen molar-refractivity contribution in [2.75, 3.05) is 0 Å². The minimum Gasteiger partial charge on any atom is -0.456 e. The lowest BCUT2D eigenvalue weighted by Gasteiger charge is -2.06. The molecule has 0 bridgehead atoms. The van der Waals surface area contributed by atoms with E-state index in [1.165, 1.54) is 5.56 Å². The van der Waals surface area contributed by atoms with Crippen LogP contribution in [0.4, 0.5) is 5.69 Å². The number of hydrogen-bond donors (Lipinski definition) is 0. The van der Waals surface area contributed by atoms with Gasteiger partial charge in [0.25, 0.3) is 0 Å². The van der Waals surface area contributed by atoms with Gasteiger partial charge in [-0.05, 0) is 70.3 Å². The second-order valence-electron chi connectivity index (χ2n) is 7.98. The molecular formula is C30H18N2O. The Labute approximate surface area is 191 Å². The van der Waals surface area contributed by atoms with Gasteiger partial charge in [-0.25, -0.2) is 4.85 Å². The lowest BCUT2D eigenvalue weighted by molar-refractivity contribution is 0.669. The molecule has 0 unspecified atom stereocenters. The van der Waals surface area contributed by atoms with Gasteiger partial charge >= 0.3 is 0 Å². The Balaban J connectivity index is 1.42. The van der Waals surface area contributed by atoms with E-state index in [-0.39, 0.29) is 0 Å². The molecular weight excluding hydrogens is 404 g/mol. The molecule has 0 amide bonds. The standard InChI is InChI=1S/C30H18N2O/c1-31-25-14-15-32-28(19-25)24-9-5-8-21(16-24)23-11-13-27-26-12-10-22(20-6-3-2-4-7-20)17-29(26)33-30(27)18-23/h2-19H. The Kier molecular flexibility index (Phi) is 4.49. The molecule has 0 saturated carbocycles. The first kappa shape index (κ1) is 19.0. The normalized spacial score (nSPS) is 11.0. The van der Waals surface area contributed by atoms with E-state index in [1.54, 1.807) is 12.3 Å². The summed E-state index contributed by atoms with van der Waals surface area (Å²) in [6, 6.07) is 34.9. The molecule has 0 radical (unpaired) electrons. The van der Waals surface area contributed by atoms with Crippen LogP contribution in [0.15, 0.2) is 114 Å². The number of hydrogen-bond acceptors (Lipinski definition) is 2.